The highest BCUT2D eigenvalue weighted by Crippen LogP contribution is 2.01. The molecular weight excluding hydrogens is 168 g/mol. The highest BCUT2D eigenvalue weighted by molar-refractivity contribution is 5.88. The monoisotopic (exact) mass is 184 g/mol. The maximum atomic E-state index is 11.2. The number of nitrogens with one attached hydrogen (secondary N) is 2. The molecule has 0 aromatic carbocycles. The summed E-state index contributed by atoms with van der Waals surface area (Å²) in [6.45, 7) is 3.30. The molecule has 1 amide bonds. The number of carbonyl (C=O) groups is 1. The van der Waals surface area contributed by atoms with Gasteiger partial charge in [0.05, 0.1) is 0 Å². The van der Waals surface area contributed by atoms with Gasteiger partial charge in [0.2, 0.25) is 5.91 Å². The minimum Gasteiger partial charge on any atom is -0.370 e. The molecule has 1 saturated heterocycles. The van der Waals surface area contributed by atoms with Gasteiger partial charge in [0.25, 0.3) is 0 Å². The third-order valence-corrected chi connectivity index (χ3v) is 1.94. The summed E-state index contributed by atoms with van der Waals surface area (Å²) in [4.78, 5) is 15.2. The Morgan fingerprint density at radius 1 is 1.85 bits per heavy atom. The molecule has 1 aliphatic heterocycles. The minimum absolute atomic E-state index is 0.0144. The second-order valence-corrected chi connectivity index (χ2v) is 2.99. The zero-order chi connectivity index (χ0) is 9.68. The summed E-state index contributed by atoms with van der Waals surface area (Å²) in [5.74, 6) is 0.366. The molecule has 13 heavy (non-hydrogen) atoms. The Balaban J connectivity index is 2.42. The van der Waals surface area contributed by atoms with E-state index in [2.05, 4.69) is 15.6 Å². The normalized spacial score (nSPS) is 23.9. The van der Waals surface area contributed by atoms with Crippen LogP contribution in [0.1, 0.15) is 19.8 Å². The lowest BCUT2D eigenvalue weighted by Crippen LogP contribution is -2.52. The van der Waals surface area contributed by atoms with Crippen LogP contribution in [0.25, 0.3) is 0 Å². The van der Waals surface area contributed by atoms with Crippen LogP contribution >= 0.6 is 0 Å². The van der Waals surface area contributed by atoms with Crippen LogP contribution in [0.2, 0.25) is 0 Å². The van der Waals surface area contributed by atoms with Gasteiger partial charge in [-0.25, -0.2) is 0 Å². The lowest BCUT2D eigenvalue weighted by Gasteiger charge is -2.22. The van der Waals surface area contributed by atoms with E-state index in [1.54, 1.807) is 0 Å². The first-order valence-corrected chi connectivity index (χ1v) is 4.58. The van der Waals surface area contributed by atoms with E-state index in [0.717, 1.165) is 19.4 Å². The average Bonchev–Trinajstić information content (AvgIpc) is 2.09. The van der Waals surface area contributed by atoms with Gasteiger partial charge in [0, 0.05) is 13.1 Å². The zero-order valence-electron chi connectivity index (χ0n) is 7.84. The zero-order valence-corrected chi connectivity index (χ0v) is 7.84. The van der Waals surface area contributed by atoms with Crippen molar-refractivity contribution in [1.29, 1.82) is 0 Å². The fourth-order valence-electron chi connectivity index (χ4n) is 1.30. The topological polar surface area (TPSA) is 79.5 Å². The SMILES string of the molecule is CCN=C(N)NC1CCCNC1=O. The van der Waals surface area contributed by atoms with Crippen LogP contribution in [-0.4, -0.2) is 31.0 Å². The van der Waals surface area contributed by atoms with E-state index in [4.69, 9.17) is 5.73 Å². The second kappa shape index (κ2) is 4.69. The quantitative estimate of drug-likeness (QED) is 0.388. The van der Waals surface area contributed by atoms with Crippen molar-refractivity contribution in [3.8, 4) is 0 Å². The molecule has 0 radical (unpaired) electrons. The Hall–Kier alpha value is -1.26. The van der Waals surface area contributed by atoms with E-state index in [9.17, 15) is 4.79 Å². The Morgan fingerprint density at radius 3 is 3.23 bits per heavy atom. The molecular formula is C8H16N4O. The van der Waals surface area contributed by atoms with Crippen molar-refractivity contribution < 1.29 is 4.79 Å². The van der Waals surface area contributed by atoms with Crippen molar-refractivity contribution in [3.05, 3.63) is 0 Å². The van der Waals surface area contributed by atoms with Gasteiger partial charge in [-0.1, -0.05) is 0 Å². The predicted molar refractivity (Wildman–Crippen MR) is 51.3 cm³/mol. The van der Waals surface area contributed by atoms with Gasteiger partial charge in [0.1, 0.15) is 6.04 Å². The van der Waals surface area contributed by atoms with Crippen LogP contribution < -0.4 is 16.4 Å². The van der Waals surface area contributed by atoms with E-state index in [-0.39, 0.29) is 11.9 Å². The van der Waals surface area contributed by atoms with Gasteiger partial charge in [-0.15, -0.1) is 0 Å². The van der Waals surface area contributed by atoms with Gasteiger partial charge < -0.3 is 16.4 Å². The second-order valence-electron chi connectivity index (χ2n) is 2.99. The fraction of sp³-hybridized carbons (Fsp3) is 0.750. The van der Waals surface area contributed by atoms with Crippen molar-refractivity contribution >= 4 is 11.9 Å². The lowest BCUT2D eigenvalue weighted by molar-refractivity contribution is -0.124. The number of amides is 1. The smallest absolute Gasteiger partial charge is 0.242 e. The fourth-order valence-corrected chi connectivity index (χ4v) is 1.30. The number of rotatable bonds is 2. The summed E-state index contributed by atoms with van der Waals surface area (Å²) in [5.41, 5.74) is 5.54. The molecule has 0 spiro atoms. The highest BCUT2D eigenvalue weighted by Gasteiger charge is 2.21. The molecule has 0 bridgehead atoms. The number of aliphatic imine (C=N–C) groups is 1. The first kappa shape index (κ1) is 9.83. The summed E-state index contributed by atoms with van der Waals surface area (Å²) in [6, 6.07) is -0.205. The number of nitrogens with zero attached hydrogens (tertiary/aromatic N) is 1. The highest BCUT2D eigenvalue weighted by atomic mass is 16.2. The Morgan fingerprint density at radius 2 is 2.62 bits per heavy atom. The molecule has 0 aromatic heterocycles. The Kier molecular flexibility index (Phi) is 3.54. The van der Waals surface area contributed by atoms with Crippen LogP contribution in [-0.2, 0) is 4.79 Å². The molecule has 1 aliphatic rings. The molecule has 0 saturated carbocycles. The van der Waals surface area contributed by atoms with Gasteiger partial charge in [-0.3, -0.25) is 9.79 Å². The van der Waals surface area contributed by atoms with E-state index < -0.39 is 0 Å². The maximum absolute atomic E-state index is 11.2. The third-order valence-electron chi connectivity index (χ3n) is 1.94. The number of nitrogens with two attached hydrogens (primary N) is 1. The van der Waals surface area contributed by atoms with Crippen LogP contribution in [0.15, 0.2) is 4.99 Å². The van der Waals surface area contributed by atoms with Crippen molar-refractivity contribution in [2.24, 2.45) is 10.7 Å². The standard InChI is InChI=1S/C8H16N4O/c1-2-10-8(9)12-6-4-3-5-11-7(6)13/h6H,2-5H2,1H3,(H,11,13)(H3,9,10,12). The molecule has 1 heterocycles. The van der Waals surface area contributed by atoms with Gasteiger partial charge in [-0.2, -0.15) is 0 Å². The first-order valence-electron chi connectivity index (χ1n) is 4.58. The summed E-state index contributed by atoms with van der Waals surface area (Å²) < 4.78 is 0. The number of piperidine rings is 1. The van der Waals surface area contributed by atoms with Crippen LogP contribution in [0.3, 0.4) is 0 Å². The predicted octanol–water partition coefficient (Wildman–Crippen LogP) is -0.811. The van der Waals surface area contributed by atoms with Crippen LogP contribution in [0.4, 0.5) is 0 Å². The maximum Gasteiger partial charge on any atom is 0.242 e. The van der Waals surface area contributed by atoms with Gasteiger partial charge in [0.15, 0.2) is 5.96 Å². The van der Waals surface area contributed by atoms with E-state index in [1.165, 1.54) is 0 Å². The minimum atomic E-state index is -0.205. The van der Waals surface area contributed by atoms with Crippen molar-refractivity contribution in [3.63, 3.8) is 0 Å². The van der Waals surface area contributed by atoms with Gasteiger partial charge >= 0.3 is 0 Å². The number of guanidine groups is 1. The summed E-state index contributed by atoms with van der Waals surface area (Å²) in [5, 5.41) is 5.65. The third kappa shape index (κ3) is 2.93. The lowest BCUT2D eigenvalue weighted by atomic mass is 10.1. The molecule has 74 valence electrons. The molecule has 1 atom stereocenters. The largest absolute Gasteiger partial charge is 0.370 e. The van der Waals surface area contributed by atoms with Gasteiger partial charge in [-0.05, 0) is 19.8 Å². The molecule has 5 heteroatoms. The Labute approximate surface area is 77.8 Å². The van der Waals surface area contributed by atoms with Crippen molar-refractivity contribution in [2.75, 3.05) is 13.1 Å². The number of carbonyl (C=O) groups excluding carboxylic acids is 1. The molecule has 4 N–H and O–H groups in total. The van der Waals surface area contributed by atoms with E-state index in [0.29, 0.717) is 12.5 Å². The summed E-state index contributed by atoms with van der Waals surface area (Å²) in [7, 11) is 0. The summed E-state index contributed by atoms with van der Waals surface area (Å²) >= 11 is 0. The molecule has 0 aromatic rings. The molecule has 1 rings (SSSR count). The molecule has 5 nitrogen and oxygen atoms in total. The number of hydrogen-bond donors (Lipinski definition) is 3. The number of hydrogen-bond acceptors (Lipinski definition) is 2. The Bertz CT molecular complexity index is 214. The molecule has 1 unspecified atom stereocenters. The molecule has 1 fully saturated rings. The van der Waals surface area contributed by atoms with Crippen LogP contribution in [0.5, 0.6) is 0 Å². The average molecular weight is 184 g/mol. The summed E-state index contributed by atoms with van der Waals surface area (Å²) in [6.07, 6.45) is 1.81. The first-order chi connectivity index (χ1) is 6.24. The van der Waals surface area contributed by atoms with E-state index >= 15 is 0 Å². The van der Waals surface area contributed by atoms with E-state index in [1.807, 2.05) is 6.92 Å². The van der Waals surface area contributed by atoms with Crippen molar-refractivity contribution in [1.82, 2.24) is 10.6 Å². The van der Waals surface area contributed by atoms with Crippen LogP contribution in [0, 0.1) is 0 Å². The van der Waals surface area contributed by atoms with Crippen molar-refractivity contribution in [2.45, 2.75) is 25.8 Å². The molecule has 0 aliphatic carbocycles.